The quantitative estimate of drug-likeness (QED) is 0.713. The van der Waals surface area contributed by atoms with Crippen LogP contribution in [0.5, 0.6) is 5.75 Å². The van der Waals surface area contributed by atoms with Gasteiger partial charge in [-0.1, -0.05) is 0 Å². The highest BCUT2D eigenvalue weighted by atomic mass is 32.2. The molecular formula is C9H7FO3S. The highest BCUT2D eigenvalue weighted by Gasteiger charge is 2.23. The number of hydrogen-bond donors (Lipinski definition) is 0. The summed E-state index contributed by atoms with van der Waals surface area (Å²) >= 11 is 0. The van der Waals surface area contributed by atoms with Crippen LogP contribution in [0.3, 0.4) is 0 Å². The van der Waals surface area contributed by atoms with Crippen molar-refractivity contribution in [3.8, 4) is 5.75 Å². The van der Waals surface area contributed by atoms with Gasteiger partial charge >= 0.3 is 0 Å². The lowest BCUT2D eigenvalue weighted by Crippen LogP contribution is -1.96. The van der Waals surface area contributed by atoms with Crippen LogP contribution in [0.1, 0.15) is 5.56 Å². The number of methoxy groups -OCH3 is 1. The second kappa shape index (κ2) is 2.81. The molecule has 1 aliphatic heterocycles. The SMILES string of the molecule is COc1cc2c(cc1F)S(=O)(=O)C=C2. The minimum Gasteiger partial charge on any atom is -0.494 e. The van der Waals surface area contributed by atoms with Gasteiger partial charge in [0.1, 0.15) is 0 Å². The maximum atomic E-state index is 13.2. The number of sulfone groups is 1. The normalized spacial score (nSPS) is 16.7. The number of hydrogen-bond acceptors (Lipinski definition) is 3. The third kappa shape index (κ3) is 1.21. The molecule has 0 N–H and O–H groups in total. The Bertz CT molecular complexity index is 517. The monoisotopic (exact) mass is 214 g/mol. The van der Waals surface area contributed by atoms with Gasteiger partial charge in [-0.2, -0.15) is 0 Å². The van der Waals surface area contributed by atoms with Crippen molar-refractivity contribution in [2.24, 2.45) is 0 Å². The van der Waals surface area contributed by atoms with Crippen molar-refractivity contribution >= 4 is 15.9 Å². The molecule has 0 aromatic heterocycles. The van der Waals surface area contributed by atoms with Crippen LogP contribution < -0.4 is 4.74 Å². The fraction of sp³-hybridized carbons (Fsp3) is 0.111. The Morgan fingerprint density at radius 1 is 1.36 bits per heavy atom. The smallest absolute Gasteiger partial charge is 0.200 e. The van der Waals surface area contributed by atoms with Gasteiger partial charge in [-0.25, -0.2) is 12.8 Å². The van der Waals surface area contributed by atoms with Crippen LogP contribution in [0.15, 0.2) is 22.4 Å². The van der Waals surface area contributed by atoms with Crippen LogP contribution >= 0.6 is 0 Å². The van der Waals surface area contributed by atoms with Crippen molar-refractivity contribution in [3.63, 3.8) is 0 Å². The van der Waals surface area contributed by atoms with Crippen LogP contribution in [-0.4, -0.2) is 15.5 Å². The van der Waals surface area contributed by atoms with E-state index in [1.165, 1.54) is 19.3 Å². The van der Waals surface area contributed by atoms with E-state index in [0.29, 0.717) is 5.56 Å². The van der Waals surface area contributed by atoms with E-state index in [1.54, 1.807) is 0 Å². The highest BCUT2D eigenvalue weighted by Crippen LogP contribution is 2.31. The Kier molecular flexibility index (Phi) is 1.85. The predicted molar refractivity (Wildman–Crippen MR) is 49.2 cm³/mol. The fourth-order valence-corrected chi connectivity index (χ4v) is 2.52. The lowest BCUT2D eigenvalue weighted by Gasteiger charge is -2.04. The third-order valence-corrected chi connectivity index (χ3v) is 3.48. The Morgan fingerprint density at radius 3 is 2.71 bits per heavy atom. The van der Waals surface area contributed by atoms with Gasteiger partial charge in [-0.3, -0.25) is 0 Å². The molecule has 0 unspecified atom stereocenters. The van der Waals surface area contributed by atoms with Gasteiger partial charge in [0.15, 0.2) is 11.6 Å². The van der Waals surface area contributed by atoms with Crippen molar-refractivity contribution in [3.05, 3.63) is 28.9 Å². The van der Waals surface area contributed by atoms with E-state index in [2.05, 4.69) is 0 Å². The summed E-state index contributed by atoms with van der Waals surface area (Å²) in [6.07, 6.45) is 1.42. The van der Waals surface area contributed by atoms with E-state index in [0.717, 1.165) is 11.5 Å². The summed E-state index contributed by atoms with van der Waals surface area (Å²) in [5.41, 5.74) is 0.461. The van der Waals surface area contributed by atoms with Gasteiger partial charge in [0.05, 0.1) is 12.0 Å². The second-order valence-corrected chi connectivity index (χ2v) is 4.67. The summed E-state index contributed by atoms with van der Waals surface area (Å²) in [6.45, 7) is 0. The van der Waals surface area contributed by atoms with Gasteiger partial charge in [-0.05, 0) is 23.8 Å². The molecule has 0 saturated heterocycles. The molecule has 1 aromatic rings. The van der Waals surface area contributed by atoms with Gasteiger partial charge in [0.2, 0.25) is 9.84 Å². The number of benzene rings is 1. The molecule has 0 aliphatic carbocycles. The molecule has 14 heavy (non-hydrogen) atoms. The molecule has 1 aliphatic rings. The summed E-state index contributed by atoms with van der Waals surface area (Å²) in [6, 6.07) is 2.34. The summed E-state index contributed by atoms with van der Waals surface area (Å²) in [7, 11) is -2.10. The van der Waals surface area contributed by atoms with Crippen molar-refractivity contribution in [1.29, 1.82) is 0 Å². The van der Waals surface area contributed by atoms with Crippen LogP contribution in [0.2, 0.25) is 0 Å². The van der Waals surface area contributed by atoms with Gasteiger partial charge < -0.3 is 4.74 Å². The third-order valence-electron chi connectivity index (χ3n) is 2.02. The maximum absolute atomic E-state index is 13.2. The Balaban J connectivity index is 2.72. The van der Waals surface area contributed by atoms with Crippen molar-refractivity contribution in [1.82, 2.24) is 0 Å². The standard InChI is InChI=1S/C9H7FO3S/c1-13-8-4-6-2-3-14(11,12)9(6)5-7(8)10/h2-5H,1H3. The second-order valence-electron chi connectivity index (χ2n) is 2.87. The van der Waals surface area contributed by atoms with E-state index < -0.39 is 15.7 Å². The molecule has 0 bridgehead atoms. The van der Waals surface area contributed by atoms with Crippen LogP contribution in [-0.2, 0) is 9.84 Å². The molecule has 2 rings (SSSR count). The summed E-state index contributed by atoms with van der Waals surface area (Å²) in [5, 5.41) is 1.05. The molecule has 1 heterocycles. The molecule has 74 valence electrons. The topological polar surface area (TPSA) is 43.4 Å². The van der Waals surface area contributed by atoms with Crippen LogP contribution in [0, 0.1) is 5.82 Å². The molecule has 0 atom stereocenters. The molecular weight excluding hydrogens is 207 g/mol. The highest BCUT2D eigenvalue weighted by molar-refractivity contribution is 7.94. The van der Waals surface area contributed by atoms with E-state index in [1.807, 2.05) is 0 Å². The maximum Gasteiger partial charge on any atom is 0.200 e. The average molecular weight is 214 g/mol. The Morgan fingerprint density at radius 2 is 2.07 bits per heavy atom. The minimum atomic E-state index is -3.43. The minimum absolute atomic E-state index is 0.00389. The fourth-order valence-electron chi connectivity index (χ4n) is 1.32. The zero-order valence-electron chi connectivity index (χ0n) is 7.32. The lowest BCUT2D eigenvalue weighted by molar-refractivity contribution is 0.385. The Labute approximate surface area is 80.7 Å². The molecule has 0 spiro atoms. The van der Waals surface area contributed by atoms with E-state index >= 15 is 0 Å². The van der Waals surface area contributed by atoms with E-state index in [-0.39, 0.29) is 10.6 Å². The van der Waals surface area contributed by atoms with Crippen molar-refractivity contribution in [2.45, 2.75) is 4.90 Å². The molecule has 0 saturated carbocycles. The number of ether oxygens (including phenoxy) is 1. The first-order valence-corrected chi connectivity index (χ1v) is 5.40. The average Bonchev–Trinajstić information content (AvgIpc) is 2.42. The number of halogens is 1. The zero-order chi connectivity index (χ0) is 10.3. The van der Waals surface area contributed by atoms with E-state index in [9.17, 15) is 12.8 Å². The lowest BCUT2D eigenvalue weighted by atomic mass is 10.2. The summed E-state index contributed by atoms with van der Waals surface area (Å²) in [4.78, 5) is -0.00389. The molecule has 0 fully saturated rings. The number of fused-ring (bicyclic) bond motifs is 1. The molecule has 3 nitrogen and oxygen atoms in total. The predicted octanol–water partition coefficient (Wildman–Crippen LogP) is 1.59. The molecule has 0 amide bonds. The van der Waals surface area contributed by atoms with Gasteiger partial charge in [0, 0.05) is 5.41 Å². The largest absolute Gasteiger partial charge is 0.494 e. The number of rotatable bonds is 1. The first-order chi connectivity index (χ1) is 6.54. The van der Waals surface area contributed by atoms with Gasteiger partial charge in [-0.15, -0.1) is 0 Å². The first-order valence-electron chi connectivity index (χ1n) is 3.85. The summed E-state index contributed by atoms with van der Waals surface area (Å²) in [5.74, 6) is -0.621. The van der Waals surface area contributed by atoms with Crippen molar-refractivity contribution in [2.75, 3.05) is 7.11 Å². The van der Waals surface area contributed by atoms with Crippen molar-refractivity contribution < 1.29 is 17.5 Å². The molecule has 0 radical (unpaired) electrons. The Hall–Kier alpha value is -1.36. The first kappa shape index (κ1) is 9.21. The zero-order valence-corrected chi connectivity index (χ0v) is 8.14. The molecule has 1 aromatic carbocycles. The summed E-state index contributed by atoms with van der Waals surface area (Å²) < 4.78 is 40.5. The van der Waals surface area contributed by atoms with Crippen LogP contribution in [0.4, 0.5) is 4.39 Å². The van der Waals surface area contributed by atoms with Crippen LogP contribution in [0.25, 0.3) is 6.08 Å². The van der Waals surface area contributed by atoms with Gasteiger partial charge in [0.25, 0.3) is 0 Å². The molecule has 5 heteroatoms. The van der Waals surface area contributed by atoms with E-state index in [4.69, 9.17) is 4.74 Å².